The van der Waals surface area contributed by atoms with Crippen molar-refractivity contribution in [1.29, 1.82) is 4.78 Å². The second-order valence-electron chi connectivity index (χ2n) is 7.65. The SMILES string of the molecule is N=S1(=O)CCN(C(N)=O)C(Cc2ccc(-c3nnc(C(F)F)o3)cc2F)(c2cccnc2)C1. The molecule has 13 heteroatoms. The summed E-state index contributed by atoms with van der Waals surface area (Å²) >= 11 is 0. The third-order valence-corrected chi connectivity index (χ3v) is 7.29. The number of nitrogens with one attached hydrogen (secondary N) is 1. The van der Waals surface area contributed by atoms with E-state index in [-0.39, 0.29) is 41.5 Å². The number of hydrogen-bond donors (Lipinski definition) is 2. The zero-order valence-corrected chi connectivity index (χ0v) is 17.9. The first-order valence-corrected chi connectivity index (χ1v) is 11.6. The van der Waals surface area contributed by atoms with E-state index in [4.69, 9.17) is 14.9 Å². The zero-order chi connectivity index (χ0) is 23.8. The van der Waals surface area contributed by atoms with Gasteiger partial charge < -0.3 is 15.1 Å². The van der Waals surface area contributed by atoms with Gasteiger partial charge in [0.1, 0.15) is 5.82 Å². The summed E-state index contributed by atoms with van der Waals surface area (Å²) in [6, 6.07) is 6.32. The molecule has 2 aromatic heterocycles. The van der Waals surface area contributed by atoms with Crippen LogP contribution in [0.2, 0.25) is 0 Å². The predicted molar refractivity (Wildman–Crippen MR) is 111 cm³/mol. The molecule has 0 radical (unpaired) electrons. The lowest BCUT2D eigenvalue weighted by Gasteiger charge is -2.47. The van der Waals surface area contributed by atoms with Crippen LogP contribution < -0.4 is 5.73 Å². The summed E-state index contributed by atoms with van der Waals surface area (Å²) in [5.74, 6) is -2.20. The summed E-state index contributed by atoms with van der Waals surface area (Å²) in [7, 11) is -3.10. The molecule has 2 unspecified atom stereocenters. The number of nitrogens with zero attached hydrogens (tertiary/aromatic N) is 4. The van der Waals surface area contributed by atoms with Crippen LogP contribution in [0.3, 0.4) is 0 Å². The van der Waals surface area contributed by atoms with Gasteiger partial charge in [0.2, 0.25) is 5.89 Å². The highest BCUT2D eigenvalue weighted by Gasteiger charge is 2.47. The largest absolute Gasteiger partial charge is 0.415 e. The van der Waals surface area contributed by atoms with E-state index in [1.165, 1.54) is 29.4 Å². The van der Waals surface area contributed by atoms with Gasteiger partial charge in [-0.1, -0.05) is 12.1 Å². The maximum Gasteiger partial charge on any atom is 0.315 e. The number of amides is 2. The predicted octanol–water partition coefficient (Wildman–Crippen LogP) is 3.09. The fourth-order valence-electron chi connectivity index (χ4n) is 4.01. The Bertz CT molecular complexity index is 1290. The van der Waals surface area contributed by atoms with E-state index in [9.17, 15) is 17.8 Å². The highest BCUT2D eigenvalue weighted by molar-refractivity contribution is 7.92. The topological polar surface area (TPSA) is 139 Å². The lowest BCUT2D eigenvalue weighted by Crippen LogP contribution is -2.61. The number of hydrogen-bond acceptors (Lipinski definition) is 7. The normalized spacial score (nSPS) is 23.1. The Morgan fingerprint density at radius 1 is 1.33 bits per heavy atom. The van der Waals surface area contributed by atoms with Gasteiger partial charge in [-0.2, -0.15) is 8.78 Å². The fourth-order valence-corrected chi connectivity index (χ4v) is 5.83. The maximum absolute atomic E-state index is 15.2. The third kappa shape index (κ3) is 4.40. The molecule has 2 amide bonds. The molecule has 1 aliphatic rings. The van der Waals surface area contributed by atoms with Crippen molar-refractivity contribution in [1.82, 2.24) is 20.1 Å². The summed E-state index contributed by atoms with van der Waals surface area (Å²) in [5, 5.41) is 6.73. The first-order chi connectivity index (χ1) is 15.6. The van der Waals surface area contributed by atoms with Crippen LogP contribution in [-0.2, 0) is 21.7 Å². The second kappa shape index (κ2) is 8.46. The molecule has 3 heterocycles. The number of nitrogens with two attached hydrogens (primary N) is 1. The van der Waals surface area contributed by atoms with Crippen LogP contribution in [0.25, 0.3) is 11.5 Å². The van der Waals surface area contributed by atoms with Crippen molar-refractivity contribution >= 4 is 15.8 Å². The van der Waals surface area contributed by atoms with Crippen LogP contribution in [0.1, 0.15) is 23.4 Å². The van der Waals surface area contributed by atoms with Crippen LogP contribution >= 0.6 is 0 Å². The molecule has 3 aromatic rings. The number of carbonyl (C=O) groups excluding carboxylic acids is 1. The van der Waals surface area contributed by atoms with Gasteiger partial charge in [-0.25, -0.2) is 13.4 Å². The zero-order valence-electron chi connectivity index (χ0n) is 17.1. The van der Waals surface area contributed by atoms with Crippen molar-refractivity contribution in [2.75, 3.05) is 18.1 Å². The molecule has 1 aliphatic heterocycles. The van der Waals surface area contributed by atoms with Crippen molar-refractivity contribution in [2.45, 2.75) is 18.4 Å². The van der Waals surface area contributed by atoms with Crippen molar-refractivity contribution in [3.63, 3.8) is 0 Å². The van der Waals surface area contributed by atoms with E-state index < -0.39 is 39.4 Å². The molecule has 33 heavy (non-hydrogen) atoms. The molecule has 174 valence electrons. The first-order valence-electron chi connectivity index (χ1n) is 9.73. The summed E-state index contributed by atoms with van der Waals surface area (Å²) < 4.78 is 66.5. The van der Waals surface area contributed by atoms with Crippen LogP contribution in [0.15, 0.2) is 47.1 Å². The summed E-state index contributed by atoms with van der Waals surface area (Å²) in [6.07, 6.45) is -0.121. The van der Waals surface area contributed by atoms with Crippen LogP contribution in [-0.4, -0.2) is 48.4 Å². The van der Waals surface area contributed by atoms with Crippen LogP contribution in [0, 0.1) is 10.6 Å². The molecule has 0 spiro atoms. The average Bonchev–Trinajstić information content (AvgIpc) is 3.26. The maximum atomic E-state index is 15.2. The minimum atomic E-state index is -3.10. The quantitative estimate of drug-likeness (QED) is 0.575. The number of alkyl halides is 2. The lowest BCUT2D eigenvalue weighted by molar-refractivity contribution is 0.116. The fraction of sp³-hybridized carbons (Fsp3) is 0.300. The Kier molecular flexibility index (Phi) is 5.82. The number of halogens is 3. The molecule has 0 bridgehead atoms. The number of aromatic nitrogens is 3. The molecule has 2 atom stereocenters. The highest BCUT2D eigenvalue weighted by Crippen LogP contribution is 2.38. The average molecular weight is 480 g/mol. The molecular formula is C20H19F3N6O3S. The van der Waals surface area contributed by atoms with Gasteiger partial charge in [0.25, 0.3) is 5.89 Å². The van der Waals surface area contributed by atoms with E-state index in [0.29, 0.717) is 5.56 Å². The summed E-state index contributed by atoms with van der Waals surface area (Å²) in [4.78, 5) is 17.7. The van der Waals surface area contributed by atoms with E-state index in [1.807, 2.05) is 0 Å². The number of urea groups is 1. The Hall–Kier alpha value is -3.48. The molecule has 4 rings (SSSR count). The third-order valence-electron chi connectivity index (χ3n) is 5.51. The monoisotopic (exact) mass is 480 g/mol. The molecule has 0 aliphatic carbocycles. The van der Waals surface area contributed by atoms with Crippen molar-refractivity contribution < 1.29 is 26.6 Å². The summed E-state index contributed by atoms with van der Waals surface area (Å²) in [5.41, 5.74) is 4.93. The molecular weight excluding hydrogens is 461 g/mol. The van der Waals surface area contributed by atoms with Crippen LogP contribution in [0.4, 0.5) is 18.0 Å². The Morgan fingerprint density at radius 3 is 2.73 bits per heavy atom. The van der Waals surface area contributed by atoms with Crippen molar-refractivity contribution in [2.24, 2.45) is 5.73 Å². The molecule has 1 saturated heterocycles. The van der Waals surface area contributed by atoms with Gasteiger partial charge in [-0.05, 0) is 29.3 Å². The lowest BCUT2D eigenvalue weighted by atomic mass is 9.84. The van der Waals surface area contributed by atoms with Crippen molar-refractivity contribution in [3.05, 3.63) is 65.6 Å². The number of benzene rings is 1. The highest BCUT2D eigenvalue weighted by atomic mass is 32.2. The number of primary amides is 1. The number of rotatable bonds is 5. The molecule has 9 nitrogen and oxygen atoms in total. The standard InChI is InChI=1S/C20H19F3N6O3S/c21-15-8-12(17-27-28-18(32-17)16(22)23)3-4-13(15)9-20(14-2-1-5-26-10-14)11-33(25,31)7-6-29(20)19(24)30/h1-5,8,10,16,25H,6-7,9,11H2,(H2,24,30). The smallest absolute Gasteiger partial charge is 0.315 e. The van der Waals surface area contributed by atoms with E-state index in [2.05, 4.69) is 15.2 Å². The second-order valence-corrected chi connectivity index (χ2v) is 9.97. The number of carbonyl (C=O) groups is 1. The Morgan fingerprint density at radius 2 is 2.12 bits per heavy atom. The summed E-state index contributed by atoms with van der Waals surface area (Å²) in [6.45, 7) is -0.0371. The van der Waals surface area contributed by atoms with Gasteiger partial charge >= 0.3 is 12.5 Å². The van der Waals surface area contributed by atoms with E-state index >= 15 is 4.39 Å². The number of pyridine rings is 1. The van der Waals surface area contributed by atoms with Gasteiger partial charge in [0, 0.05) is 46.4 Å². The molecule has 3 N–H and O–H groups in total. The molecule has 0 saturated carbocycles. The molecule has 1 aromatic carbocycles. The Balaban J connectivity index is 1.77. The van der Waals surface area contributed by atoms with Crippen LogP contribution in [0.5, 0.6) is 0 Å². The van der Waals surface area contributed by atoms with Crippen molar-refractivity contribution in [3.8, 4) is 11.5 Å². The first kappa shape index (κ1) is 22.7. The van der Waals surface area contributed by atoms with Gasteiger partial charge in [-0.15, -0.1) is 10.2 Å². The van der Waals surface area contributed by atoms with Gasteiger partial charge in [-0.3, -0.25) is 9.76 Å². The van der Waals surface area contributed by atoms with Gasteiger partial charge in [0.05, 0.1) is 11.3 Å². The van der Waals surface area contributed by atoms with E-state index in [1.54, 1.807) is 12.1 Å². The minimum absolute atomic E-state index is 0.0371. The van der Waals surface area contributed by atoms with Gasteiger partial charge in [0.15, 0.2) is 0 Å². The Labute approximate surface area is 186 Å². The molecule has 1 fully saturated rings. The minimum Gasteiger partial charge on any atom is -0.415 e. The van der Waals surface area contributed by atoms with E-state index in [0.717, 1.165) is 6.07 Å².